The van der Waals surface area contributed by atoms with Gasteiger partial charge in [0.1, 0.15) is 0 Å². The lowest BCUT2D eigenvalue weighted by Gasteiger charge is -2.51. The first-order chi connectivity index (χ1) is 10.7. The van der Waals surface area contributed by atoms with Crippen LogP contribution in [0.15, 0.2) is 30.7 Å². The van der Waals surface area contributed by atoms with Gasteiger partial charge in [0.05, 0.1) is 29.8 Å². The molecule has 2 saturated carbocycles. The predicted molar refractivity (Wildman–Crippen MR) is 87.6 cm³/mol. The fourth-order valence-electron chi connectivity index (χ4n) is 5.22. The van der Waals surface area contributed by atoms with Gasteiger partial charge in [-0.25, -0.2) is 4.98 Å². The first-order valence-corrected chi connectivity index (χ1v) is 8.81. The number of fused-ring (bicyclic) bond motifs is 3. The third-order valence-corrected chi connectivity index (χ3v) is 6.26. The van der Waals surface area contributed by atoms with Gasteiger partial charge in [0.2, 0.25) is 0 Å². The molecular weight excluding hydrogens is 272 g/mol. The van der Waals surface area contributed by atoms with Gasteiger partial charge in [-0.2, -0.15) is 0 Å². The fourth-order valence-corrected chi connectivity index (χ4v) is 5.22. The zero-order valence-electron chi connectivity index (χ0n) is 13.4. The summed E-state index contributed by atoms with van der Waals surface area (Å²) in [5, 5.41) is 11.3. The summed E-state index contributed by atoms with van der Waals surface area (Å²) in [6.07, 6.45) is 12.2. The van der Waals surface area contributed by atoms with E-state index in [0.29, 0.717) is 0 Å². The van der Waals surface area contributed by atoms with Crippen molar-refractivity contribution in [1.29, 1.82) is 0 Å². The molecule has 3 heteroatoms. The highest BCUT2D eigenvalue weighted by atomic mass is 16.3. The van der Waals surface area contributed by atoms with Crippen LogP contribution in [0.1, 0.15) is 63.7 Å². The average Bonchev–Trinajstić information content (AvgIpc) is 3.02. The van der Waals surface area contributed by atoms with Gasteiger partial charge in [-0.1, -0.05) is 32.3 Å². The van der Waals surface area contributed by atoms with Crippen LogP contribution in [0.2, 0.25) is 0 Å². The lowest BCUT2D eigenvalue weighted by molar-refractivity contribution is -0.0704. The Morgan fingerprint density at radius 1 is 1.41 bits per heavy atom. The SMILES string of the molecule is CCC1CC2CCCC(C(O)c3cccc4cncn34)(C1)C2. The second kappa shape index (κ2) is 5.38. The Morgan fingerprint density at radius 2 is 2.32 bits per heavy atom. The Kier molecular flexibility index (Phi) is 3.48. The van der Waals surface area contributed by atoms with E-state index in [1.54, 1.807) is 0 Å². The summed E-state index contributed by atoms with van der Waals surface area (Å²) in [6.45, 7) is 2.31. The molecule has 1 N–H and O–H groups in total. The Morgan fingerprint density at radius 3 is 3.18 bits per heavy atom. The van der Waals surface area contributed by atoms with Gasteiger partial charge in [0.15, 0.2) is 0 Å². The molecule has 0 spiro atoms. The molecule has 2 aliphatic rings. The molecule has 0 aliphatic heterocycles. The van der Waals surface area contributed by atoms with Crippen LogP contribution in [0, 0.1) is 17.3 Å². The van der Waals surface area contributed by atoms with Crippen molar-refractivity contribution in [2.24, 2.45) is 17.3 Å². The van der Waals surface area contributed by atoms with E-state index in [1.807, 2.05) is 18.6 Å². The zero-order chi connectivity index (χ0) is 15.2. The Balaban J connectivity index is 1.74. The van der Waals surface area contributed by atoms with Crippen LogP contribution in [0.5, 0.6) is 0 Å². The molecule has 2 bridgehead atoms. The maximum absolute atomic E-state index is 11.3. The van der Waals surface area contributed by atoms with Crippen molar-refractivity contribution in [1.82, 2.24) is 9.38 Å². The van der Waals surface area contributed by atoms with Crippen LogP contribution in [0.4, 0.5) is 0 Å². The molecule has 2 aliphatic carbocycles. The fraction of sp³-hybridized carbons (Fsp3) is 0.632. The number of nitrogens with zero attached hydrogens (tertiary/aromatic N) is 2. The van der Waals surface area contributed by atoms with Crippen molar-refractivity contribution < 1.29 is 5.11 Å². The Hall–Kier alpha value is -1.35. The van der Waals surface area contributed by atoms with Crippen LogP contribution >= 0.6 is 0 Å². The summed E-state index contributed by atoms with van der Waals surface area (Å²) in [5.41, 5.74) is 2.18. The Bertz CT molecular complexity index is 664. The second-order valence-corrected chi connectivity index (χ2v) is 7.58. The maximum Gasteiger partial charge on any atom is 0.0999 e. The lowest BCUT2D eigenvalue weighted by Crippen LogP contribution is -2.41. The van der Waals surface area contributed by atoms with Crippen molar-refractivity contribution in [3.8, 4) is 0 Å². The van der Waals surface area contributed by atoms with Crippen LogP contribution in [0.25, 0.3) is 5.52 Å². The minimum absolute atomic E-state index is 0.0837. The van der Waals surface area contributed by atoms with Crippen molar-refractivity contribution in [2.75, 3.05) is 0 Å². The molecule has 4 rings (SSSR count). The summed E-state index contributed by atoms with van der Waals surface area (Å²) in [4.78, 5) is 4.25. The van der Waals surface area contributed by atoms with Crippen LogP contribution in [0.3, 0.4) is 0 Å². The van der Waals surface area contributed by atoms with Gasteiger partial charge in [-0.15, -0.1) is 0 Å². The molecule has 2 heterocycles. The van der Waals surface area contributed by atoms with Gasteiger partial charge >= 0.3 is 0 Å². The first-order valence-electron chi connectivity index (χ1n) is 8.81. The number of aliphatic hydroxyl groups excluding tert-OH is 1. The van der Waals surface area contributed by atoms with E-state index < -0.39 is 0 Å². The van der Waals surface area contributed by atoms with E-state index in [-0.39, 0.29) is 11.5 Å². The molecule has 4 atom stereocenters. The number of hydrogen-bond donors (Lipinski definition) is 1. The molecule has 2 fully saturated rings. The third kappa shape index (κ3) is 2.18. The van der Waals surface area contributed by atoms with Gasteiger partial charge in [0, 0.05) is 5.41 Å². The molecule has 3 nitrogen and oxygen atoms in total. The van der Waals surface area contributed by atoms with Gasteiger partial charge in [-0.05, 0) is 49.7 Å². The molecule has 4 unspecified atom stereocenters. The van der Waals surface area contributed by atoms with E-state index >= 15 is 0 Å². The summed E-state index contributed by atoms with van der Waals surface area (Å²) < 4.78 is 2.07. The monoisotopic (exact) mass is 298 g/mol. The molecule has 0 aromatic carbocycles. The molecule has 0 radical (unpaired) electrons. The normalized spacial score (nSPS) is 33.0. The number of aliphatic hydroxyl groups is 1. The van der Waals surface area contributed by atoms with Crippen molar-refractivity contribution >= 4 is 5.52 Å². The van der Waals surface area contributed by atoms with E-state index in [4.69, 9.17) is 0 Å². The van der Waals surface area contributed by atoms with E-state index in [1.165, 1.54) is 44.9 Å². The van der Waals surface area contributed by atoms with Crippen LogP contribution in [-0.4, -0.2) is 14.5 Å². The van der Waals surface area contributed by atoms with Crippen molar-refractivity contribution in [3.05, 3.63) is 36.4 Å². The van der Waals surface area contributed by atoms with Crippen LogP contribution in [-0.2, 0) is 0 Å². The highest BCUT2D eigenvalue weighted by Crippen LogP contribution is 2.57. The standard InChI is InChI=1S/C19H26N2O/c1-2-14-9-15-5-4-8-19(10-14,11-15)18(22)17-7-3-6-16-12-20-13-21(16)17/h3,6-7,12-15,18,22H,2,4-5,8-11H2,1H3. The topological polar surface area (TPSA) is 37.5 Å². The highest BCUT2D eigenvalue weighted by Gasteiger charge is 2.47. The number of rotatable bonds is 3. The largest absolute Gasteiger partial charge is 0.386 e. The number of hydrogen-bond acceptors (Lipinski definition) is 2. The summed E-state index contributed by atoms with van der Waals surface area (Å²) in [6, 6.07) is 6.18. The lowest BCUT2D eigenvalue weighted by atomic mass is 9.56. The summed E-state index contributed by atoms with van der Waals surface area (Å²) in [7, 11) is 0. The predicted octanol–water partition coefficient (Wildman–Crippen LogP) is 4.36. The quantitative estimate of drug-likeness (QED) is 0.914. The molecule has 2 aromatic rings. The summed E-state index contributed by atoms with van der Waals surface area (Å²) in [5.74, 6) is 1.61. The smallest absolute Gasteiger partial charge is 0.0999 e. The molecule has 0 amide bonds. The van der Waals surface area contributed by atoms with Gasteiger partial charge < -0.3 is 9.51 Å². The average molecular weight is 298 g/mol. The van der Waals surface area contributed by atoms with Gasteiger partial charge in [-0.3, -0.25) is 0 Å². The third-order valence-electron chi connectivity index (χ3n) is 6.26. The Labute approximate surface area is 132 Å². The molecule has 2 aromatic heterocycles. The molecule has 0 saturated heterocycles. The van der Waals surface area contributed by atoms with E-state index in [2.05, 4.69) is 28.4 Å². The molecule has 22 heavy (non-hydrogen) atoms. The second-order valence-electron chi connectivity index (χ2n) is 7.58. The van der Waals surface area contributed by atoms with E-state index in [9.17, 15) is 5.11 Å². The molecule has 118 valence electrons. The minimum Gasteiger partial charge on any atom is -0.386 e. The highest BCUT2D eigenvalue weighted by molar-refractivity contribution is 5.46. The number of pyridine rings is 1. The number of imidazole rings is 1. The summed E-state index contributed by atoms with van der Waals surface area (Å²) >= 11 is 0. The minimum atomic E-state index is -0.373. The number of aromatic nitrogens is 2. The van der Waals surface area contributed by atoms with Gasteiger partial charge in [0.25, 0.3) is 0 Å². The maximum atomic E-state index is 11.3. The first kappa shape index (κ1) is 14.3. The van der Waals surface area contributed by atoms with E-state index in [0.717, 1.165) is 23.0 Å². The zero-order valence-corrected chi connectivity index (χ0v) is 13.4. The van der Waals surface area contributed by atoms with Crippen molar-refractivity contribution in [3.63, 3.8) is 0 Å². The molecular formula is C19H26N2O. The van der Waals surface area contributed by atoms with Crippen molar-refractivity contribution in [2.45, 2.75) is 58.0 Å². The van der Waals surface area contributed by atoms with Crippen LogP contribution < -0.4 is 0 Å².